The fraction of sp³-hybridized carbons (Fsp3) is 1.00. The molecule has 0 radical (unpaired) electrons. The molecule has 0 aliphatic heterocycles. The van der Waals surface area contributed by atoms with Crippen molar-refractivity contribution in [3.63, 3.8) is 0 Å². The van der Waals surface area contributed by atoms with Gasteiger partial charge in [0, 0.05) is 13.2 Å². The van der Waals surface area contributed by atoms with Crippen molar-refractivity contribution in [3.8, 4) is 0 Å². The highest BCUT2D eigenvalue weighted by Gasteiger charge is 1.95. The second-order valence-corrected chi connectivity index (χ2v) is 4.02. The summed E-state index contributed by atoms with van der Waals surface area (Å²) in [6.45, 7) is 5.83. The van der Waals surface area contributed by atoms with Gasteiger partial charge in [-0.3, -0.25) is 0 Å². The van der Waals surface area contributed by atoms with Crippen LogP contribution in [-0.2, 0) is 4.74 Å². The summed E-state index contributed by atoms with van der Waals surface area (Å²) in [4.78, 5) is 0. The van der Waals surface area contributed by atoms with Crippen molar-refractivity contribution in [3.05, 3.63) is 0 Å². The molecule has 0 rings (SSSR count). The molecule has 86 valence electrons. The van der Waals surface area contributed by atoms with Crippen LogP contribution in [0.4, 0.5) is 0 Å². The van der Waals surface area contributed by atoms with E-state index in [4.69, 9.17) is 9.84 Å². The van der Waals surface area contributed by atoms with Gasteiger partial charge in [-0.1, -0.05) is 26.2 Å². The first-order valence-electron chi connectivity index (χ1n) is 6.03. The van der Waals surface area contributed by atoms with Crippen LogP contribution in [0.15, 0.2) is 0 Å². The molecule has 0 aromatic heterocycles. The molecule has 2 nitrogen and oxygen atoms in total. The maximum Gasteiger partial charge on any atom is 0.0512 e. The first kappa shape index (κ1) is 13.9. The maximum atomic E-state index is 9.01. The van der Waals surface area contributed by atoms with Gasteiger partial charge in [-0.2, -0.15) is 0 Å². The predicted molar refractivity (Wildman–Crippen MR) is 60.5 cm³/mol. The molecular weight excluding hydrogens is 176 g/mol. The van der Waals surface area contributed by atoms with Gasteiger partial charge >= 0.3 is 0 Å². The normalized spacial score (nSPS) is 13.1. The predicted octanol–water partition coefficient (Wildman–Crippen LogP) is 3.13. The Kier molecular flexibility index (Phi) is 10.9. The molecule has 0 saturated heterocycles. The molecule has 0 heterocycles. The monoisotopic (exact) mass is 202 g/mol. The first-order chi connectivity index (χ1) is 6.77. The Morgan fingerprint density at radius 2 is 1.64 bits per heavy atom. The van der Waals surface area contributed by atoms with Crippen LogP contribution >= 0.6 is 0 Å². The fourth-order valence-corrected chi connectivity index (χ4v) is 1.38. The maximum absolute atomic E-state index is 9.01. The summed E-state index contributed by atoms with van der Waals surface area (Å²) < 4.78 is 5.48. The third-order valence-electron chi connectivity index (χ3n) is 2.30. The summed E-state index contributed by atoms with van der Waals surface area (Å²) >= 11 is 0. The average molecular weight is 202 g/mol. The highest BCUT2D eigenvalue weighted by molar-refractivity contribution is 4.47. The van der Waals surface area contributed by atoms with E-state index in [1.54, 1.807) is 0 Å². The van der Waals surface area contributed by atoms with Crippen molar-refractivity contribution < 1.29 is 9.84 Å². The van der Waals surface area contributed by atoms with Gasteiger partial charge in [0.1, 0.15) is 0 Å². The topological polar surface area (TPSA) is 29.5 Å². The highest BCUT2D eigenvalue weighted by Crippen LogP contribution is 2.02. The summed E-state index contributed by atoms with van der Waals surface area (Å²) in [5, 5.41) is 9.01. The van der Waals surface area contributed by atoms with E-state index in [9.17, 15) is 0 Å². The van der Waals surface area contributed by atoms with Gasteiger partial charge in [0.25, 0.3) is 0 Å². The Bertz CT molecular complexity index is 102. The van der Waals surface area contributed by atoms with Crippen LogP contribution in [-0.4, -0.2) is 24.4 Å². The number of unbranched alkanes of at least 4 members (excludes halogenated alkanes) is 4. The molecule has 0 saturated carbocycles. The second-order valence-electron chi connectivity index (χ2n) is 4.02. The lowest BCUT2D eigenvalue weighted by molar-refractivity contribution is 0.119. The van der Waals surface area contributed by atoms with Crippen LogP contribution in [0.1, 0.15) is 58.8 Å². The van der Waals surface area contributed by atoms with Crippen LogP contribution in [0.5, 0.6) is 0 Å². The lowest BCUT2D eigenvalue weighted by Crippen LogP contribution is -2.01. The van der Waals surface area contributed by atoms with Gasteiger partial charge in [0.2, 0.25) is 0 Å². The summed E-state index contributed by atoms with van der Waals surface area (Å²) in [6.07, 6.45) is 8.01. The van der Waals surface area contributed by atoms with Crippen molar-refractivity contribution in [1.29, 1.82) is 0 Å². The molecule has 0 aliphatic carbocycles. The Morgan fingerprint density at radius 3 is 2.21 bits per heavy atom. The molecule has 1 N–H and O–H groups in total. The number of aliphatic hydroxyl groups excluding tert-OH is 1. The zero-order valence-electron chi connectivity index (χ0n) is 9.80. The van der Waals surface area contributed by atoms with Gasteiger partial charge < -0.3 is 9.84 Å². The van der Waals surface area contributed by atoms with Crippen LogP contribution in [0.25, 0.3) is 0 Å². The number of hydrogen-bond acceptors (Lipinski definition) is 2. The molecule has 0 aliphatic rings. The summed E-state index contributed by atoms with van der Waals surface area (Å²) in [7, 11) is 0. The van der Waals surface area contributed by atoms with Gasteiger partial charge in [0.15, 0.2) is 0 Å². The minimum absolute atomic E-state index is 0.153. The van der Waals surface area contributed by atoms with Gasteiger partial charge in [-0.05, 0) is 32.6 Å². The van der Waals surface area contributed by atoms with E-state index >= 15 is 0 Å². The molecule has 0 aromatic rings. The Hall–Kier alpha value is -0.0800. The fourth-order valence-electron chi connectivity index (χ4n) is 1.38. The van der Waals surface area contributed by atoms with Gasteiger partial charge in [-0.25, -0.2) is 0 Å². The van der Waals surface area contributed by atoms with Crippen molar-refractivity contribution >= 4 is 0 Å². The summed E-state index contributed by atoms with van der Waals surface area (Å²) in [5.74, 6) is 0. The molecule has 0 bridgehead atoms. The van der Waals surface area contributed by atoms with Crippen molar-refractivity contribution in [2.75, 3.05) is 13.2 Å². The minimum Gasteiger partial charge on any atom is -0.393 e. The van der Waals surface area contributed by atoms with E-state index in [-0.39, 0.29) is 6.10 Å². The van der Waals surface area contributed by atoms with Gasteiger partial charge in [-0.15, -0.1) is 0 Å². The van der Waals surface area contributed by atoms with Crippen molar-refractivity contribution in [2.24, 2.45) is 0 Å². The molecule has 1 unspecified atom stereocenters. The molecular formula is C12H26O2. The molecule has 0 aromatic carbocycles. The van der Waals surface area contributed by atoms with Crippen LogP contribution < -0.4 is 0 Å². The lowest BCUT2D eigenvalue weighted by atomic mass is 10.2. The molecule has 14 heavy (non-hydrogen) atoms. The van der Waals surface area contributed by atoms with Crippen LogP contribution in [0, 0.1) is 0 Å². The molecule has 0 spiro atoms. The number of aliphatic hydroxyl groups is 1. The molecule has 0 amide bonds. The zero-order chi connectivity index (χ0) is 10.6. The van der Waals surface area contributed by atoms with E-state index in [0.29, 0.717) is 0 Å². The number of rotatable bonds is 10. The average Bonchev–Trinajstić information content (AvgIpc) is 2.15. The summed E-state index contributed by atoms with van der Waals surface area (Å²) in [6, 6.07) is 0. The Labute approximate surface area is 88.7 Å². The largest absolute Gasteiger partial charge is 0.393 e. The van der Waals surface area contributed by atoms with Crippen LogP contribution in [0.2, 0.25) is 0 Å². The van der Waals surface area contributed by atoms with E-state index < -0.39 is 0 Å². The third-order valence-corrected chi connectivity index (χ3v) is 2.30. The number of hydrogen-bond donors (Lipinski definition) is 1. The van der Waals surface area contributed by atoms with E-state index in [0.717, 1.165) is 32.5 Å². The van der Waals surface area contributed by atoms with E-state index in [1.165, 1.54) is 25.7 Å². The molecule has 0 fully saturated rings. The smallest absolute Gasteiger partial charge is 0.0512 e. The third kappa shape index (κ3) is 11.9. The molecule has 2 heteroatoms. The lowest BCUT2D eigenvalue weighted by Gasteiger charge is -2.05. The van der Waals surface area contributed by atoms with Gasteiger partial charge in [0.05, 0.1) is 6.10 Å². The second kappa shape index (κ2) is 11.0. The van der Waals surface area contributed by atoms with E-state index in [2.05, 4.69) is 6.92 Å². The van der Waals surface area contributed by atoms with Crippen molar-refractivity contribution in [1.82, 2.24) is 0 Å². The van der Waals surface area contributed by atoms with E-state index in [1.807, 2.05) is 6.92 Å². The minimum atomic E-state index is -0.153. The SMILES string of the molecule is CCCCCCOCCCCC(C)O. The number of ether oxygens (including phenoxy) is 1. The summed E-state index contributed by atoms with van der Waals surface area (Å²) in [5.41, 5.74) is 0. The Morgan fingerprint density at radius 1 is 1.00 bits per heavy atom. The standard InChI is InChI=1S/C12H26O2/c1-3-4-5-7-10-14-11-8-6-9-12(2)13/h12-13H,3-11H2,1-2H3. The molecule has 1 atom stereocenters. The zero-order valence-corrected chi connectivity index (χ0v) is 9.80. The van der Waals surface area contributed by atoms with Crippen LogP contribution in [0.3, 0.4) is 0 Å². The Balaban J connectivity index is 2.85. The quantitative estimate of drug-likeness (QED) is 0.551. The van der Waals surface area contributed by atoms with Crippen molar-refractivity contribution in [2.45, 2.75) is 64.9 Å². The first-order valence-corrected chi connectivity index (χ1v) is 6.03. The highest BCUT2D eigenvalue weighted by atomic mass is 16.5.